The van der Waals surface area contributed by atoms with E-state index >= 15 is 0 Å². The zero-order valence-electron chi connectivity index (χ0n) is 7.40. The Morgan fingerprint density at radius 1 is 1.08 bits per heavy atom. The third-order valence-electron chi connectivity index (χ3n) is 3.06. The summed E-state index contributed by atoms with van der Waals surface area (Å²) in [5.41, 5.74) is 6.15. The van der Waals surface area contributed by atoms with Crippen molar-refractivity contribution < 1.29 is 4.74 Å². The smallest absolute Gasteiger partial charge is 0.0727 e. The van der Waals surface area contributed by atoms with Crippen LogP contribution in [0.2, 0.25) is 0 Å². The number of rotatable bonds is 0. The average Bonchev–Trinajstić information content (AvgIpc) is 2.66. The molecule has 1 aliphatic heterocycles. The average molecular weight is 286 g/mol. The van der Waals surface area contributed by atoms with Gasteiger partial charge in [-0.05, 0) is 70.2 Å². The molecule has 68 valence electrons. The number of fused-ring (bicyclic) bond motifs is 3. The molecule has 0 radical (unpaired) electrons. The maximum absolute atomic E-state index is 5.49. The summed E-state index contributed by atoms with van der Waals surface area (Å²) in [5, 5.41) is 0. The predicted octanol–water partition coefficient (Wildman–Crippen LogP) is 2.81. The Bertz CT molecular complexity index is 371. The summed E-state index contributed by atoms with van der Waals surface area (Å²) in [6, 6.07) is 2.31. The number of hydrogen-bond acceptors (Lipinski definition) is 1. The van der Waals surface area contributed by atoms with Gasteiger partial charge >= 0.3 is 0 Å². The fourth-order valence-corrected chi connectivity index (χ4v) is 3.40. The van der Waals surface area contributed by atoms with Crippen molar-refractivity contribution in [1.82, 2.24) is 0 Å². The minimum absolute atomic E-state index is 0.832. The number of ether oxygens (including phenoxy) is 1. The summed E-state index contributed by atoms with van der Waals surface area (Å²) < 4.78 is 6.94. The first kappa shape index (κ1) is 8.24. The van der Waals surface area contributed by atoms with E-state index in [-0.39, 0.29) is 0 Å². The van der Waals surface area contributed by atoms with Crippen LogP contribution in [0.5, 0.6) is 0 Å². The van der Waals surface area contributed by atoms with Crippen molar-refractivity contribution >= 4 is 22.6 Å². The highest BCUT2D eigenvalue weighted by molar-refractivity contribution is 14.1. The largest absolute Gasteiger partial charge is 0.372 e. The maximum Gasteiger partial charge on any atom is 0.0727 e. The number of halogens is 1. The molecule has 0 unspecified atom stereocenters. The van der Waals surface area contributed by atoms with Crippen molar-refractivity contribution in [3.05, 3.63) is 31.9 Å². The zero-order valence-corrected chi connectivity index (χ0v) is 9.56. The highest BCUT2D eigenvalue weighted by Crippen LogP contribution is 2.35. The molecule has 0 atom stereocenters. The van der Waals surface area contributed by atoms with Gasteiger partial charge in [-0.25, -0.2) is 0 Å². The molecule has 13 heavy (non-hydrogen) atoms. The normalized spacial score (nSPS) is 18.8. The first-order valence-corrected chi connectivity index (χ1v) is 5.84. The van der Waals surface area contributed by atoms with Gasteiger partial charge in [-0.15, -0.1) is 0 Å². The molecule has 0 amide bonds. The minimum atomic E-state index is 0.832. The van der Waals surface area contributed by atoms with Crippen molar-refractivity contribution in [3.63, 3.8) is 0 Å². The molecule has 0 saturated heterocycles. The van der Waals surface area contributed by atoms with Gasteiger partial charge in [0.2, 0.25) is 0 Å². The van der Waals surface area contributed by atoms with Crippen LogP contribution in [-0.4, -0.2) is 0 Å². The van der Waals surface area contributed by atoms with Gasteiger partial charge in [0.15, 0.2) is 0 Å². The Morgan fingerprint density at radius 3 is 2.85 bits per heavy atom. The molecule has 0 saturated carbocycles. The monoisotopic (exact) mass is 286 g/mol. The van der Waals surface area contributed by atoms with Gasteiger partial charge in [-0.3, -0.25) is 0 Å². The van der Waals surface area contributed by atoms with E-state index in [4.69, 9.17) is 4.74 Å². The van der Waals surface area contributed by atoms with E-state index in [1.165, 1.54) is 34.0 Å². The van der Waals surface area contributed by atoms with Crippen molar-refractivity contribution in [1.29, 1.82) is 0 Å². The summed E-state index contributed by atoms with van der Waals surface area (Å²) in [7, 11) is 0. The van der Waals surface area contributed by atoms with Crippen molar-refractivity contribution in [2.75, 3.05) is 0 Å². The lowest BCUT2D eigenvalue weighted by Gasteiger charge is -2.07. The van der Waals surface area contributed by atoms with E-state index in [1.54, 1.807) is 11.1 Å². The Hall–Kier alpha value is -0.0900. The summed E-state index contributed by atoms with van der Waals surface area (Å²) >= 11 is 2.46. The molecule has 1 nitrogen and oxygen atoms in total. The lowest BCUT2D eigenvalue weighted by Crippen LogP contribution is -1.95. The first-order valence-electron chi connectivity index (χ1n) is 4.76. The van der Waals surface area contributed by atoms with Crippen molar-refractivity contribution in [2.24, 2.45) is 0 Å². The minimum Gasteiger partial charge on any atom is -0.372 e. The third kappa shape index (κ3) is 1.15. The van der Waals surface area contributed by atoms with Crippen LogP contribution in [-0.2, 0) is 30.8 Å². The molecule has 1 heterocycles. The first-order chi connectivity index (χ1) is 6.36. The SMILES string of the molecule is Ic1cc2c(c3c1CCC3)COC2. The van der Waals surface area contributed by atoms with Gasteiger partial charge in [0.05, 0.1) is 13.2 Å². The van der Waals surface area contributed by atoms with E-state index in [2.05, 4.69) is 28.7 Å². The molecule has 1 aliphatic carbocycles. The van der Waals surface area contributed by atoms with Crippen LogP contribution in [0.4, 0.5) is 0 Å². The lowest BCUT2D eigenvalue weighted by atomic mass is 10.00. The summed E-state index contributed by atoms with van der Waals surface area (Å²) in [6.07, 6.45) is 3.89. The molecule has 1 aromatic rings. The van der Waals surface area contributed by atoms with E-state index in [1.807, 2.05) is 0 Å². The van der Waals surface area contributed by atoms with Gasteiger partial charge in [0.25, 0.3) is 0 Å². The molecule has 2 heteroatoms. The molecule has 3 rings (SSSR count). The Morgan fingerprint density at radius 2 is 1.92 bits per heavy atom. The van der Waals surface area contributed by atoms with Crippen LogP contribution in [0.25, 0.3) is 0 Å². The van der Waals surface area contributed by atoms with Crippen molar-refractivity contribution in [3.8, 4) is 0 Å². The zero-order chi connectivity index (χ0) is 8.84. The Labute approximate surface area is 91.6 Å². The summed E-state index contributed by atoms with van der Waals surface area (Å²) in [5.74, 6) is 0. The standard InChI is InChI=1S/C11H11IO/c12-11-4-7-5-13-6-10(7)8-2-1-3-9(8)11/h4H,1-3,5-6H2. The van der Waals surface area contributed by atoms with Crippen LogP contribution in [0.3, 0.4) is 0 Å². The summed E-state index contributed by atoms with van der Waals surface area (Å²) in [4.78, 5) is 0. The Kier molecular flexibility index (Phi) is 1.87. The molecule has 0 spiro atoms. The van der Waals surface area contributed by atoms with Crippen LogP contribution in [0, 0.1) is 3.57 Å². The van der Waals surface area contributed by atoms with Crippen LogP contribution in [0.1, 0.15) is 28.7 Å². The molecule has 2 aliphatic rings. The van der Waals surface area contributed by atoms with Crippen LogP contribution >= 0.6 is 22.6 Å². The van der Waals surface area contributed by atoms with E-state index < -0.39 is 0 Å². The molecular formula is C11H11IO. The number of hydrogen-bond donors (Lipinski definition) is 0. The van der Waals surface area contributed by atoms with Crippen LogP contribution in [0.15, 0.2) is 6.07 Å². The van der Waals surface area contributed by atoms with Gasteiger partial charge in [-0.2, -0.15) is 0 Å². The summed E-state index contributed by atoms with van der Waals surface area (Å²) in [6.45, 7) is 1.69. The molecule has 0 bridgehead atoms. The van der Waals surface area contributed by atoms with Gasteiger partial charge < -0.3 is 4.74 Å². The highest BCUT2D eigenvalue weighted by atomic mass is 127. The van der Waals surface area contributed by atoms with Gasteiger partial charge in [-0.1, -0.05) is 0 Å². The van der Waals surface area contributed by atoms with E-state index in [9.17, 15) is 0 Å². The molecular weight excluding hydrogens is 275 g/mol. The van der Waals surface area contributed by atoms with Gasteiger partial charge in [0, 0.05) is 3.57 Å². The topological polar surface area (TPSA) is 9.23 Å². The Balaban J connectivity index is 2.28. The van der Waals surface area contributed by atoms with Gasteiger partial charge in [0.1, 0.15) is 0 Å². The molecule has 0 fully saturated rings. The second-order valence-corrected chi connectivity index (χ2v) is 4.96. The van der Waals surface area contributed by atoms with E-state index in [0.29, 0.717) is 0 Å². The van der Waals surface area contributed by atoms with E-state index in [0.717, 1.165) is 13.2 Å². The third-order valence-corrected chi connectivity index (χ3v) is 4.03. The molecule has 0 N–H and O–H groups in total. The fourth-order valence-electron chi connectivity index (χ4n) is 2.43. The quantitative estimate of drug-likeness (QED) is 0.666. The second-order valence-electron chi connectivity index (χ2n) is 3.80. The predicted molar refractivity (Wildman–Crippen MR) is 59.7 cm³/mol. The van der Waals surface area contributed by atoms with Crippen molar-refractivity contribution in [2.45, 2.75) is 32.5 Å². The fraction of sp³-hybridized carbons (Fsp3) is 0.455. The molecule has 1 aromatic carbocycles. The molecule has 0 aromatic heterocycles. The van der Waals surface area contributed by atoms with Crippen LogP contribution < -0.4 is 0 Å². The lowest BCUT2D eigenvalue weighted by molar-refractivity contribution is 0.134. The second kappa shape index (κ2) is 2.95. The maximum atomic E-state index is 5.49. The number of benzene rings is 1. The highest BCUT2D eigenvalue weighted by Gasteiger charge is 2.23.